The summed E-state index contributed by atoms with van der Waals surface area (Å²) in [5.74, 6) is 0.197. The maximum atomic E-state index is 11.1. The summed E-state index contributed by atoms with van der Waals surface area (Å²) in [6, 6.07) is 11.7. The fraction of sp³-hybridized carbons (Fsp3) is 0.200. The molecule has 1 unspecified atom stereocenters. The van der Waals surface area contributed by atoms with E-state index >= 15 is 0 Å². The summed E-state index contributed by atoms with van der Waals surface area (Å²) in [6.07, 6.45) is 0.762. The second kappa shape index (κ2) is 6.58. The van der Waals surface area contributed by atoms with E-state index in [-0.39, 0.29) is 17.5 Å². The lowest BCUT2D eigenvalue weighted by Crippen LogP contribution is -2.11. The first-order valence-corrected chi connectivity index (χ1v) is 7.30. The number of hydrogen-bond acceptors (Lipinski definition) is 4. The lowest BCUT2D eigenvalue weighted by Gasteiger charge is -2.19. The third-order valence-corrected chi connectivity index (χ3v) is 3.68. The molecule has 2 aromatic rings. The number of nitro benzene ring substituents is 1. The minimum atomic E-state index is -0.406. The SMILES string of the molecule is CCC(Nc1ccc(Br)cc1[N+](=O)[O-])c1ccc(O)cc1. The Morgan fingerprint density at radius 2 is 1.95 bits per heavy atom. The highest BCUT2D eigenvalue weighted by Gasteiger charge is 2.17. The predicted molar refractivity (Wildman–Crippen MR) is 85.6 cm³/mol. The van der Waals surface area contributed by atoms with Crippen LogP contribution in [-0.4, -0.2) is 10.0 Å². The van der Waals surface area contributed by atoms with Crippen LogP contribution in [0.15, 0.2) is 46.9 Å². The van der Waals surface area contributed by atoms with Gasteiger partial charge >= 0.3 is 0 Å². The Hall–Kier alpha value is -2.08. The maximum absolute atomic E-state index is 11.1. The van der Waals surface area contributed by atoms with Crippen molar-refractivity contribution in [3.05, 3.63) is 62.6 Å². The topological polar surface area (TPSA) is 75.4 Å². The summed E-state index contributed by atoms with van der Waals surface area (Å²) in [5.41, 5.74) is 1.47. The predicted octanol–water partition coefficient (Wildman–Crippen LogP) is 4.63. The van der Waals surface area contributed by atoms with Crippen molar-refractivity contribution in [2.75, 3.05) is 5.32 Å². The summed E-state index contributed by atoms with van der Waals surface area (Å²) < 4.78 is 0.664. The quantitative estimate of drug-likeness (QED) is 0.609. The van der Waals surface area contributed by atoms with Gasteiger partial charge in [-0.2, -0.15) is 0 Å². The molecule has 0 saturated heterocycles. The van der Waals surface area contributed by atoms with E-state index in [9.17, 15) is 15.2 Å². The van der Waals surface area contributed by atoms with Gasteiger partial charge in [0.15, 0.2) is 0 Å². The molecule has 2 N–H and O–H groups in total. The molecule has 0 spiro atoms. The first-order valence-electron chi connectivity index (χ1n) is 6.50. The lowest BCUT2D eigenvalue weighted by molar-refractivity contribution is -0.384. The molecule has 0 aromatic heterocycles. The van der Waals surface area contributed by atoms with Crippen molar-refractivity contribution in [1.82, 2.24) is 0 Å². The number of nitrogens with one attached hydrogen (secondary N) is 1. The van der Waals surface area contributed by atoms with Crippen LogP contribution in [0.4, 0.5) is 11.4 Å². The van der Waals surface area contributed by atoms with Gasteiger partial charge in [0.25, 0.3) is 5.69 Å². The molecule has 110 valence electrons. The third kappa shape index (κ3) is 3.72. The molecule has 0 radical (unpaired) electrons. The van der Waals surface area contributed by atoms with Crippen molar-refractivity contribution in [1.29, 1.82) is 0 Å². The molecule has 0 aliphatic rings. The molecule has 0 aliphatic heterocycles. The number of phenolic OH excluding ortho intramolecular Hbond substituents is 1. The minimum absolute atomic E-state index is 0.0293. The summed E-state index contributed by atoms with van der Waals surface area (Å²) in [4.78, 5) is 10.7. The van der Waals surface area contributed by atoms with Gasteiger partial charge in [-0.3, -0.25) is 10.1 Å². The fourth-order valence-electron chi connectivity index (χ4n) is 2.09. The molecule has 0 amide bonds. The van der Waals surface area contributed by atoms with Crippen LogP contribution in [0.5, 0.6) is 5.75 Å². The first-order chi connectivity index (χ1) is 10.0. The van der Waals surface area contributed by atoms with Gasteiger partial charge in [-0.25, -0.2) is 0 Å². The Kier molecular flexibility index (Phi) is 4.80. The number of anilines is 1. The summed E-state index contributed by atoms with van der Waals surface area (Å²) in [6.45, 7) is 2.00. The van der Waals surface area contributed by atoms with Crippen LogP contribution in [0.3, 0.4) is 0 Å². The summed E-state index contributed by atoms with van der Waals surface area (Å²) >= 11 is 3.24. The van der Waals surface area contributed by atoms with Crippen LogP contribution < -0.4 is 5.32 Å². The van der Waals surface area contributed by atoms with Crippen molar-refractivity contribution in [2.45, 2.75) is 19.4 Å². The Bertz CT molecular complexity index is 644. The number of nitrogens with zero attached hydrogens (tertiary/aromatic N) is 1. The smallest absolute Gasteiger partial charge is 0.293 e. The zero-order valence-corrected chi connectivity index (χ0v) is 13.0. The van der Waals surface area contributed by atoms with E-state index in [1.54, 1.807) is 36.4 Å². The number of aromatic hydroxyl groups is 1. The van der Waals surface area contributed by atoms with E-state index in [1.807, 2.05) is 6.92 Å². The van der Waals surface area contributed by atoms with Gasteiger partial charge < -0.3 is 10.4 Å². The van der Waals surface area contributed by atoms with Crippen molar-refractivity contribution in [3.8, 4) is 5.75 Å². The molecule has 0 heterocycles. The van der Waals surface area contributed by atoms with Gasteiger partial charge in [0.1, 0.15) is 11.4 Å². The van der Waals surface area contributed by atoms with Crippen LogP contribution in [0.2, 0.25) is 0 Å². The highest BCUT2D eigenvalue weighted by atomic mass is 79.9. The molecule has 6 heteroatoms. The van der Waals surface area contributed by atoms with Crippen LogP contribution >= 0.6 is 15.9 Å². The number of rotatable bonds is 5. The monoisotopic (exact) mass is 350 g/mol. The molecule has 1 atom stereocenters. The normalized spacial score (nSPS) is 11.9. The van der Waals surface area contributed by atoms with Crippen LogP contribution in [-0.2, 0) is 0 Å². The van der Waals surface area contributed by atoms with Crippen molar-refractivity contribution in [2.24, 2.45) is 0 Å². The first kappa shape index (κ1) is 15.3. The van der Waals surface area contributed by atoms with E-state index in [0.29, 0.717) is 10.2 Å². The van der Waals surface area contributed by atoms with Crippen molar-refractivity contribution < 1.29 is 10.0 Å². The Labute approximate surface area is 130 Å². The Morgan fingerprint density at radius 3 is 2.52 bits per heavy atom. The Balaban J connectivity index is 2.30. The maximum Gasteiger partial charge on any atom is 0.293 e. The Morgan fingerprint density at radius 1 is 1.29 bits per heavy atom. The van der Waals surface area contributed by atoms with Crippen molar-refractivity contribution >= 4 is 27.3 Å². The average molecular weight is 351 g/mol. The average Bonchev–Trinajstić information content (AvgIpc) is 2.47. The molecule has 21 heavy (non-hydrogen) atoms. The molecule has 0 bridgehead atoms. The number of halogens is 1. The molecular weight excluding hydrogens is 336 g/mol. The highest BCUT2D eigenvalue weighted by molar-refractivity contribution is 9.10. The van der Waals surface area contributed by atoms with E-state index in [2.05, 4.69) is 21.2 Å². The van der Waals surface area contributed by atoms with E-state index in [1.165, 1.54) is 6.07 Å². The van der Waals surface area contributed by atoms with Gasteiger partial charge in [0, 0.05) is 10.5 Å². The number of benzene rings is 2. The molecule has 0 aliphatic carbocycles. The minimum Gasteiger partial charge on any atom is -0.508 e. The second-order valence-electron chi connectivity index (χ2n) is 4.62. The molecular formula is C15H15BrN2O3. The summed E-state index contributed by atoms with van der Waals surface area (Å²) in [7, 11) is 0. The van der Waals surface area contributed by atoms with E-state index < -0.39 is 4.92 Å². The van der Waals surface area contributed by atoms with Gasteiger partial charge in [-0.1, -0.05) is 35.0 Å². The zero-order chi connectivity index (χ0) is 15.4. The lowest BCUT2D eigenvalue weighted by atomic mass is 10.0. The standard InChI is InChI=1S/C15H15BrN2O3/c1-2-13(10-3-6-12(19)7-4-10)17-14-8-5-11(16)9-15(14)18(20)21/h3-9,13,17,19H,2H2,1H3. The summed E-state index contributed by atoms with van der Waals surface area (Å²) in [5, 5.41) is 23.7. The van der Waals surface area contributed by atoms with Crippen molar-refractivity contribution in [3.63, 3.8) is 0 Å². The zero-order valence-electron chi connectivity index (χ0n) is 11.4. The molecule has 2 rings (SSSR count). The number of phenols is 1. The number of nitro groups is 1. The van der Waals surface area contributed by atoms with E-state index in [4.69, 9.17) is 0 Å². The fourth-order valence-corrected chi connectivity index (χ4v) is 2.44. The molecule has 0 fully saturated rings. The van der Waals surface area contributed by atoms with Gasteiger partial charge in [-0.05, 0) is 36.2 Å². The molecule has 2 aromatic carbocycles. The molecule has 5 nitrogen and oxygen atoms in total. The van der Waals surface area contributed by atoms with Crippen LogP contribution in [0.25, 0.3) is 0 Å². The van der Waals surface area contributed by atoms with Crippen LogP contribution in [0, 0.1) is 10.1 Å². The van der Waals surface area contributed by atoms with Gasteiger partial charge in [0.2, 0.25) is 0 Å². The molecule has 0 saturated carbocycles. The highest BCUT2D eigenvalue weighted by Crippen LogP contribution is 2.32. The number of hydrogen-bond donors (Lipinski definition) is 2. The van der Waals surface area contributed by atoms with E-state index in [0.717, 1.165) is 12.0 Å². The largest absolute Gasteiger partial charge is 0.508 e. The van der Waals surface area contributed by atoms with Gasteiger partial charge in [0.05, 0.1) is 11.0 Å². The second-order valence-corrected chi connectivity index (χ2v) is 5.53. The van der Waals surface area contributed by atoms with Crippen LogP contribution in [0.1, 0.15) is 24.9 Å². The van der Waals surface area contributed by atoms with Gasteiger partial charge in [-0.15, -0.1) is 0 Å². The third-order valence-electron chi connectivity index (χ3n) is 3.19.